The van der Waals surface area contributed by atoms with Crippen LogP contribution in [-0.2, 0) is 14.3 Å². The fourth-order valence-electron chi connectivity index (χ4n) is 3.24. The molecule has 0 saturated heterocycles. The van der Waals surface area contributed by atoms with E-state index in [0.717, 1.165) is 25.7 Å². The molecule has 0 aromatic heterocycles. The number of carbonyl (C=O) groups excluding carboxylic acids is 1. The van der Waals surface area contributed by atoms with Gasteiger partial charge in [-0.05, 0) is 32.6 Å². The van der Waals surface area contributed by atoms with Crippen LogP contribution in [0.2, 0.25) is 0 Å². The summed E-state index contributed by atoms with van der Waals surface area (Å²) < 4.78 is 11.8. The van der Waals surface area contributed by atoms with E-state index >= 15 is 0 Å². The minimum absolute atomic E-state index is 0.272. The van der Waals surface area contributed by atoms with E-state index in [2.05, 4.69) is 6.58 Å². The first-order chi connectivity index (χ1) is 9.66. The minimum atomic E-state index is -0.359. The summed E-state index contributed by atoms with van der Waals surface area (Å²) in [4.78, 5) is 11.8. The second-order valence-corrected chi connectivity index (χ2v) is 6.35. The SMILES string of the molecule is C=C(C)C(=O)OC(OC1CCCCC1)C1CCCCC1. The summed E-state index contributed by atoms with van der Waals surface area (Å²) in [5.41, 5.74) is 0.457. The molecule has 0 amide bonds. The quantitative estimate of drug-likeness (QED) is 0.426. The summed E-state index contributed by atoms with van der Waals surface area (Å²) in [6.45, 7) is 5.37. The molecule has 0 heterocycles. The zero-order valence-electron chi connectivity index (χ0n) is 12.7. The Morgan fingerprint density at radius 2 is 1.55 bits per heavy atom. The van der Waals surface area contributed by atoms with Gasteiger partial charge in [0.2, 0.25) is 6.29 Å². The summed E-state index contributed by atoms with van der Waals surface area (Å²) in [5, 5.41) is 0. The minimum Gasteiger partial charge on any atom is -0.432 e. The third-order valence-electron chi connectivity index (χ3n) is 4.49. The molecule has 0 aromatic rings. The second-order valence-electron chi connectivity index (χ2n) is 6.35. The monoisotopic (exact) mass is 280 g/mol. The van der Waals surface area contributed by atoms with Gasteiger partial charge in [-0.25, -0.2) is 4.79 Å². The normalized spacial score (nSPS) is 23.2. The van der Waals surface area contributed by atoms with Gasteiger partial charge in [0.1, 0.15) is 0 Å². The highest BCUT2D eigenvalue weighted by Crippen LogP contribution is 2.31. The van der Waals surface area contributed by atoms with Gasteiger partial charge in [0, 0.05) is 11.5 Å². The predicted molar refractivity (Wildman–Crippen MR) is 79.2 cm³/mol. The van der Waals surface area contributed by atoms with E-state index in [4.69, 9.17) is 9.47 Å². The summed E-state index contributed by atoms with van der Waals surface area (Å²) in [6.07, 6.45) is 11.9. The van der Waals surface area contributed by atoms with E-state index in [1.807, 2.05) is 0 Å². The van der Waals surface area contributed by atoms with Crippen LogP contribution in [0.4, 0.5) is 0 Å². The summed E-state index contributed by atoms with van der Waals surface area (Å²) >= 11 is 0. The molecule has 0 radical (unpaired) electrons. The molecule has 0 aromatic carbocycles. The number of rotatable bonds is 5. The highest BCUT2D eigenvalue weighted by molar-refractivity contribution is 5.87. The van der Waals surface area contributed by atoms with Crippen LogP contribution in [-0.4, -0.2) is 18.4 Å². The molecule has 2 aliphatic carbocycles. The van der Waals surface area contributed by atoms with Crippen LogP contribution in [0.5, 0.6) is 0 Å². The summed E-state index contributed by atoms with van der Waals surface area (Å²) in [7, 11) is 0. The molecule has 0 spiro atoms. The van der Waals surface area contributed by atoms with E-state index < -0.39 is 0 Å². The number of ether oxygens (including phenoxy) is 2. The fraction of sp³-hybridized carbons (Fsp3) is 0.824. The van der Waals surface area contributed by atoms with Crippen LogP contribution in [0.3, 0.4) is 0 Å². The van der Waals surface area contributed by atoms with Crippen molar-refractivity contribution in [3.63, 3.8) is 0 Å². The Morgan fingerprint density at radius 3 is 2.10 bits per heavy atom. The zero-order chi connectivity index (χ0) is 14.4. The third-order valence-corrected chi connectivity index (χ3v) is 4.49. The Bertz CT molecular complexity index is 325. The fourth-order valence-corrected chi connectivity index (χ4v) is 3.24. The molecule has 1 atom stereocenters. The topological polar surface area (TPSA) is 35.5 Å². The Labute approximate surface area is 122 Å². The molecule has 2 aliphatic rings. The Balaban J connectivity index is 1.94. The lowest BCUT2D eigenvalue weighted by atomic mass is 9.88. The van der Waals surface area contributed by atoms with E-state index in [0.29, 0.717) is 11.5 Å². The second kappa shape index (κ2) is 7.82. The molecule has 1 unspecified atom stereocenters. The standard InChI is InChI=1S/C17H28O3/c1-13(2)16(18)20-17(14-9-5-3-6-10-14)19-15-11-7-4-8-12-15/h14-15,17H,1,3-12H2,2H3. The first kappa shape index (κ1) is 15.6. The maximum absolute atomic E-state index is 11.8. The average molecular weight is 280 g/mol. The van der Waals surface area contributed by atoms with Gasteiger partial charge in [0.25, 0.3) is 0 Å². The zero-order valence-corrected chi connectivity index (χ0v) is 12.7. The largest absolute Gasteiger partial charge is 0.432 e. The molecular formula is C17H28O3. The highest BCUT2D eigenvalue weighted by atomic mass is 16.7. The smallest absolute Gasteiger partial charge is 0.335 e. The molecule has 114 valence electrons. The van der Waals surface area contributed by atoms with Gasteiger partial charge in [-0.3, -0.25) is 0 Å². The molecule has 20 heavy (non-hydrogen) atoms. The highest BCUT2D eigenvalue weighted by Gasteiger charge is 2.30. The molecule has 3 heteroatoms. The van der Waals surface area contributed by atoms with Gasteiger partial charge in [0.15, 0.2) is 0 Å². The van der Waals surface area contributed by atoms with Gasteiger partial charge < -0.3 is 9.47 Å². The lowest BCUT2D eigenvalue weighted by Crippen LogP contribution is -2.35. The lowest BCUT2D eigenvalue weighted by molar-refractivity contribution is -0.207. The molecule has 0 aliphatic heterocycles. The van der Waals surface area contributed by atoms with Crippen molar-refractivity contribution in [3.8, 4) is 0 Å². The van der Waals surface area contributed by atoms with Crippen LogP contribution < -0.4 is 0 Å². The average Bonchev–Trinajstić information content (AvgIpc) is 2.48. The van der Waals surface area contributed by atoms with Crippen molar-refractivity contribution < 1.29 is 14.3 Å². The van der Waals surface area contributed by atoms with Crippen LogP contribution in [0.25, 0.3) is 0 Å². The van der Waals surface area contributed by atoms with Crippen LogP contribution in [0, 0.1) is 5.92 Å². The van der Waals surface area contributed by atoms with Crippen molar-refractivity contribution in [2.45, 2.75) is 83.5 Å². The van der Waals surface area contributed by atoms with E-state index in [-0.39, 0.29) is 18.4 Å². The Kier molecular flexibility index (Phi) is 6.08. The van der Waals surface area contributed by atoms with Crippen molar-refractivity contribution in [1.29, 1.82) is 0 Å². The molecule has 0 bridgehead atoms. The van der Waals surface area contributed by atoms with Crippen LogP contribution >= 0.6 is 0 Å². The van der Waals surface area contributed by atoms with E-state index in [9.17, 15) is 4.79 Å². The van der Waals surface area contributed by atoms with Crippen molar-refractivity contribution >= 4 is 5.97 Å². The van der Waals surface area contributed by atoms with Crippen LogP contribution in [0.1, 0.15) is 71.1 Å². The van der Waals surface area contributed by atoms with E-state index in [1.165, 1.54) is 38.5 Å². The van der Waals surface area contributed by atoms with Gasteiger partial charge in [0.05, 0.1) is 6.10 Å². The Hall–Kier alpha value is -0.830. The number of hydrogen-bond acceptors (Lipinski definition) is 3. The Morgan fingerprint density at radius 1 is 1.00 bits per heavy atom. The third kappa shape index (κ3) is 4.62. The molecule has 2 fully saturated rings. The molecular weight excluding hydrogens is 252 g/mol. The first-order valence-electron chi connectivity index (χ1n) is 8.19. The maximum Gasteiger partial charge on any atom is 0.335 e. The van der Waals surface area contributed by atoms with Crippen molar-refractivity contribution in [2.75, 3.05) is 0 Å². The van der Waals surface area contributed by atoms with E-state index in [1.54, 1.807) is 6.92 Å². The number of esters is 1. The first-order valence-corrected chi connectivity index (χ1v) is 8.19. The number of carbonyl (C=O) groups is 1. The predicted octanol–water partition coefficient (Wildman–Crippen LogP) is 4.36. The van der Waals surface area contributed by atoms with Gasteiger partial charge in [-0.15, -0.1) is 0 Å². The van der Waals surface area contributed by atoms with Crippen molar-refractivity contribution in [3.05, 3.63) is 12.2 Å². The molecule has 3 nitrogen and oxygen atoms in total. The van der Waals surface area contributed by atoms with Gasteiger partial charge in [-0.1, -0.05) is 45.1 Å². The number of hydrogen-bond donors (Lipinski definition) is 0. The summed E-state index contributed by atoms with van der Waals surface area (Å²) in [5.74, 6) is 0.0605. The van der Waals surface area contributed by atoms with Gasteiger partial charge >= 0.3 is 5.97 Å². The maximum atomic E-state index is 11.8. The molecule has 2 saturated carbocycles. The lowest BCUT2D eigenvalue weighted by Gasteiger charge is -2.33. The molecule has 0 N–H and O–H groups in total. The van der Waals surface area contributed by atoms with Crippen molar-refractivity contribution in [2.24, 2.45) is 5.92 Å². The van der Waals surface area contributed by atoms with Crippen LogP contribution in [0.15, 0.2) is 12.2 Å². The molecule has 2 rings (SSSR count). The van der Waals surface area contributed by atoms with Crippen molar-refractivity contribution in [1.82, 2.24) is 0 Å². The van der Waals surface area contributed by atoms with Gasteiger partial charge in [-0.2, -0.15) is 0 Å². The summed E-state index contributed by atoms with van der Waals surface area (Å²) in [6, 6.07) is 0.